The molecule has 1 aromatic carbocycles. The smallest absolute Gasteiger partial charge is 0.326 e. The van der Waals surface area contributed by atoms with Crippen molar-refractivity contribution in [3.05, 3.63) is 33.9 Å². The number of aliphatic carboxylic acids is 1. The van der Waals surface area contributed by atoms with Crippen molar-refractivity contribution in [1.82, 2.24) is 5.32 Å². The van der Waals surface area contributed by atoms with E-state index < -0.39 is 23.7 Å². The lowest BCUT2D eigenvalue weighted by atomic mass is 10.2. The molecule has 112 valence electrons. The van der Waals surface area contributed by atoms with E-state index in [1.165, 1.54) is 18.2 Å². The Hall–Kier alpha value is -1.70. The number of amides is 1. The van der Waals surface area contributed by atoms with Crippen LogP contribution >= 0.6 is 22.9 Å². The third-order valence-electron chi connectivity index (χ3n) is 2.82. The number of halogens is 2. The Bertz CT molecular complexity index is 703. The molecule has 0 aliphatic carbocycles. The topological polar surface area (TPSA) is 86.6 Å². The highest BCUT2D eigenvalue weighted by molar-refractivity contribution is 7.21. The third kappa shape index (κ3) is 3.31. The van der Waals surface area contributed by atoms with Gasteiger partial charge in [-0.25, -0.2) is 9.18 Å². The van der Waals surface area contributed by atoms with Gasteiger partial charge in [-0.15, -0.1) is 11.3 Å². The van der Waals surface area contributed by atoms with E-state index in [0.29, 0.717) is 10.1 Å². The quantitative estimate of drug-likeness (QED) is 0.784. The maximum absolute atomic E-state index is 13.2. The third-order valence-corrected chi connectivity index (χ3v) is 4.47. The van der Waals surface area contributed by atoms with Crippen molar-refractivity contribution >= 4 is 44.9 Å². The molecule has 1 heterocycles. The molecule has 1 aromatic heterocycles. The van der Waals surface area contributed by atoms with Crippen molar-refractivity contribution in [3.63, 3.8) is 0 Å². The Morgan fingerprint density at radius 1 is 1.43 bits per heavy atom. The number of carboxylic acids is 1. The molecule has 5 nitrogen and oxygen atoms in total. The molecular weight excluding hydrogens is 321 g/mol. The standard InChI is InChI=1S/C13H11ClFNO4S/c14-10-7-2-1-6(15)5-9(7)21-11(10)12(18)16-8(3-4-17)13(19)20/h1-2,5,8,17H,3-4H2,(H,16,18)(H,19,20). The molecular formula is C13H11ClFNO4S. The van der Waals surface area contributed by atoms with Gasteiger partial charge in [-0.3, -0.25) is 4.79 Å². The van der Waals surface area contributed by atoms with Gasteiger partial charge in [0.1, 0.15) is 16.7 Å². The van der Waals surface area contributed by atoms with Gasteiger partial charge in [-0.1, -0.05) is 11.6 Å². The number of benzene rings is 1. The van der Waals surface area contributed by atoms with Gasteiger partial charge in [0.05, 0.1) is 5.02 Å². The first-order valence-electron chi connectivity index (χ1n) is 5.96. The summed E-state index contributed by atoms with van der Waals surface area (Å²) in [5.41, 5.74) is 0. The lowest BCUT2D eigenvalue weighted by Crippen LogP contribution is -2.41. The van der Waals surface area contributed by atoms with Crippen LogP contribution in [0.3, 0.4) is 0 Å². The highest BCUT2D eigenvalue weighted by atomic mass is 35.5. The van der Waals surface area contributed by atoms with E-state index in [-0.39, 0.29) is 22.9 Å². The molecule has 1 atom stereocenters. The highest BCUT2D eigenvalue weighted by Crippen LogP contribution is 2.35. The average molecular weight is 332 g/mol. The second-order valence-electron chi connectivity index (χ2n) is 4.26. The van der Waals surface area contributed by atoms with Crippen molar-refractivity contribution in [3.8, 4) is 0 Å². The molecule has 21 heavy (non-hydrogen) atoms. The van der Waals surface area contributed by atoms with Crippen LogP contribution in [-0.4, -0.2) is 34.7 Å². The van der Waals surface area contributed by atoms with Gasteiger partial charge >= 0.3 is 5.97 Å². The summed E-state index contributed by atoms with van der Waals surface area (Å²) >= 11 is 7.05. The zero-order valence-electron chi connectivity index (χ0n) is 10.6. The zero-order valence-corrected chi connectivity index (χ0v) is 12.2. The van der Waals surface area contributed by atoms with Crippen LogP contribution in [0.5, 0.6) is 0 Å². The Morgan fingerprint density at radius 2 is 2.14 bits per heavy atom. The molecule has 1 unspecified atom stereocenters. The molecule has 0 saturated carbocycles. The van der Waals surface area contributed by atoms with Crippen molar-refractivity contribution in [1.29, 1.82) is 0 Å². The average Bonchev–Trinajstić information content (AvgIpc) is 2.74. The number of hydrogen-bond donors (Lipinski definition) is 3. The minimum atomic E-state index is -1.25. The molecule has 0 spiro atoms. The van der Waals surface area contributed by atoms with Crippen LogP contribution in [0.25, 0.3) is 10.1 Å². The minimum absolute atomic E-state index is 0.112. The first-order chi connectivity index (χ1) is 9.93. The molecule has 3 N–H and O–H groups in total. The molecule has 2 rings (SSSR count). The molecule has 2 aromatic rings. The second kappa shape index (κ2) is 6.38. The normalized spacial score (nSPS) is 12.3. The van der Waals surface area contributed by atoms with E-state index >= 15 is 0 Å². The number of hydrogen-bond acceptors (Lipinski definition) is 4. The number of carbonyl (C=O) groups excluding carboxylic acids is 1. The number of rotatable bonds is 5. The molecule has 0 bridgehead atoms. The molecule has 1 amide bonds. The maximum Gasteiger partial charge on any atom is 0.326 e. The molecule has 0 radical (unpaired) electrons. The molecule has 0 fully saturated rings. The fourth-order valence-electron chi connectivity index (χ4n) is 1.80. The molecule has 0 aliphatic rings. The fourth-order valence-corrected chi connectivity index (χ4v) is 3.24. The van der Waals surface area contributed by atoms with Crippen LogP contribution in [0.4, 0.5) is 4.39 Å². The predicted octanol–water partition coefficient (Wildman–Crippen LogP) is 2.26. The number of fused-ring (bicyclic) bond motifs is 1. The number of aliphatic hydroxyl groups is 1. The largest absolute Gasteiger partial charge is 0.480 e. The SMILES string of the molecule is O=C(NC(CCO)C(=O)O)c1sc2cc(F)ccc2c1Cl. The summed E-state index contributed by atoms with van der Waals surface area (Å²) in [5, 5.41) is 20.7. The lowest BCUT2D eigenvalue weighted by Gasteiger charge is -2.12. The van der Waals surface area contributed by atoms with Crippen molar-refractivity contribution in [2.75, 3.05) is 6.61 Å². The van der Waals surface area contributed by atoms with Crippen LogP contribution in [0.2, 0.25) is 5.02 Å². The van der Waals surface area contributed by atoms with Crippen LogP contribution in [0.1, 0.15) is 16.1 Å². The first-order valence-corrected chi connectivity index (χ1v) is 7.15. The molecule has 0 saturated heterocycles. The first kappa shape index (κ1) is 15.7. The van der Waals surface area contributed by atoms with E-state index in [9.17, 15) is 14.0 Å². The summed E-state index contributed by atoms with van der Waals surface area (Å²) < 4.78 is 13.7. The number of thiophene rings is 1. The van der Waals surface area contributed by atoms with Gasteiger partial charge in [0.15, 0.2) is 0 Å². The molecule has 0 aliphatic heterocycles. The van der Waals surface area contributed by atoms with Gasteiger partial charge in [0.25, 0.3) is 5.91 Å². The summed E-state index contributed by atoms with van der Waals surface area (Å²) in [5.74, 6) is -2.36. The van der Waals surface area contributed by atoms with Crippen molar-refractivity contribution < 1.29 is 24.2 Å². The summed E-state index contributed by atoms with van der Waals surface area (Å²) in [6.45, 7) is -0.372. The van der Waals surface area contributed by atoms with E-state index in [4.69, 9.17) is 21.8 Å². The minimum Gasteiger partial charge on any atom is -0.480 e. The Morgan fingerprint density at radius 3 is 2.76 bits per heavy atom. The lowest BCUT2D eigenvalue weighted by molar-refractivity contribution is -0.139. The molecule has 8 heteroatoms. The Balaban J connectivity index is 2.30. The Kier molecular flexibility index (Phi) is 4.76. The van der Waals surface area contributed by atoms with E-state index in [1.54, 1.807) is 0 Å². The van der Waals surface area contributed by atoms with Crippen LogP contribution in [0.15, 0.2) is 18.2 Å². The fraction of sp³-hybridized carbons (Fsp3) is 0.231. The maximum atomic E-state index is 13.2. The van der Waals surface area contributed by atoms with Crippen molar-refractivity contribution in [2.45, 2.75) is 12.5 Å². The van der Waals surface area contributed by atoms with Crippen LogP contribution < -0.4 is 5.32 Å². The van der Waals surface area contributed by atoms with Gasteiger partial charge in [0.2, 0.25) is 0 Å². The summed E-state index contributed by atoms with van der Waals surface area (Å²) in [6, 6.07) is 2.74. The van der Waals surface area contributed by atoms with Gasteiger partial charge in [-0.05, 0) is 18.2 Å². The number of nitrogens with one attached hydrogen (secondary N) is 1. The Labute approximate surface area is 128 Å². The zero-order chi connectivity index (χ0) is 15.6. The van der Waals surface area contributed by atoms with E-state index in [0.717, 1.165) is 11.3 Å². The van der Waals surface area contributed by atoms with Gasteiger partial charge in [0, 0.05) is 23.1 Å². The second-order valence-corrected chi connectivity index (χ2v) is 5.69. The van der Waals surface area contributed by atoms with Gasteiger partial charge < -0.3 is 15.5 Å². The summed E-state index contributed by atoms with van der Waals surface area (Å²) in [6.07, 6.45) is -0.113. The van der Waals surface area contributed by atoms with Crippen molar-refractivity contribution in [2.24, 2.45) is 0 Å². The monoisotopic (exact) mass is 331 g/mol. The predicted molar refractivity (Wildman–Crippen MR) is 77.4 cm³/mol. The highest BCUT2D eigenvalue weighted by Gasteiger charge is 2.23. The van der Waals surface area contributed by atoms with E-state index in [2.05, 4.69) is 5.32 Å². The summed E-state index contributed by atoms with van der Waals surface area (Å²) in [7, 11) is 0. The summed E-state index contributed by atoms with van der Waals surface area (Å²) in [4.78, 5) is 23.2. The van der Waals surface area contributed by atoms with Crippen LogP contribution in [0, 0.1) is 5.82 Å². The number of aliphatic hydroxyl groups excluding tert-OH is 1. The van der Waals surface area contributed by atoms with Crippen LogP contribution in [-0.2, 0) is 4.79 Å². The number of carboxylic acid groups (broad SMARTS) is 1. The number of carbonyl (C=O) groups is 2. The van der Waals surface area contributed by atoms with Gasteiger partial charge in [-0.2, -0.15) is 0 Å². The van der Waals surface area contributed by atoms with E-state index in [1.807, 2.05) is 0 Å².